The monoisotopic (exact) mass is 156 g/mol. The molecule has 0 aromatic rings. The Kier molecular flexibility index (Phi) is 3.34. The fourth-order valence-electron chi connectivity index (χ4n) is 1.69. The van der Waals surface area contributed by atoms with E-state index in [1.807, 2.05) is 0 Å². The van der Waals surface area contributed by atoms with E-state index in [4.69, 9.17) is 5.73 Å². The van der Waals surface area contributed by atoms with E-state index in [-0.39, 0.29) is 0 Å². The molecule has 0 amide bonds. The largest absolute Gasteiger partial charge is 0.327 e. The zero-order chi connectivity index (χ0) is 8.27. The summed E-state index contributed by atoms with van der Waals surface area (Å²) in [7, 11) is 0. The van der Waals surface area contributed by atoms with Gasteiger partial charge in [0.1, 0.15) is 0 Å². The molecule has 0 radical (unpaired) electrons. The summed E-state index contributed by atoms with van der Waals surface area (Å²) in [6.45, 7) is 6.81. The Morgan fingerprint density at radius 2 is 2.36 bits per heavy atom. The van der Waals surface area contributed by atoms with Gasteiger partial charge in [-0.1, -0.05) is 6.92 Å². The van der Waals surface area contributed by atoms with Crippen molar-refractivity contribution >= 4 is 0 Å². The third-order valence-corrected chi connectivity index (χ3v) is 2.68. The molecule has 0 aliphatic carbocycles. The van der Waals surface area contributed by atoms with Crippen LogP contribution in [0.2, 0.25) is 0 Å². The van der Waals surface area contributed by atoms with Crippen LogP contribution < -0.4 is 5.73 Å². The van der Waals surface area contributed by atoms with Crippen LogP contribution in [0.25, 0.3) is 0 Å². The number of rotatable bonds is 3. The van der Waals surface area contributed by atoms with Gasteiger partial charge in [0.2, 0.25) is 0 Å². The number of hydrogen-bond donors (Lipinski definition) is 1. The van der Waals surface area contributed by atoms with Crippen molar-refractivity contribution in [2.24, 2.45) is 5.73 Å². The predicted octanol–water partition coefficient (Wildman–Crippen LogP) is 1.21. The maximum absolute atomic E-state index is 5.87. The Bertz CT molecular complexity index is 114. The van der Waals surface area contributed by atoms with Crippen molar-refractivity contribution in [3.05, 3.63) is 0 Å². The Hall–Kier alpha value is -0.0800. The second-order valence-corrected chi connectivity index (χ2v) is 3.65. The Morgan fingerprint density at radius 1 is 1.64 bits per heavy atom. The van der Waals surface area contributed by atoms with Gasteiger partial charge in [-0.25, -0.2) is 0 Å². The Morgan fingerprint density at radius 3 is 2.82 bits per heavy atom. The van der Waals surface area contributed by atoms with E-state index >= 15 is 0 Å². The van der Waals surface area contributed by atoms with E-state index in [0.717, 1.165) is 19.0 Å². The molecule has 11 heavy (non-hydrogen) atoms. The quantitative estimate of drug-likeness (QED) is 0.665. The van der Waals surface area contributed by atoms with Gasteiger partial charge in [0, 0.05) is 18.6 Å². The molecule has 0 aromatic heterocycles. The van der Waals surface area contributed by atoms with Crippen LogP contribution in [0.4, 0.5) is 0 Å². The van der Waals surface area contributed by atoms with Crippen molar-refractivity contribution in [3.8, 4) is 0 Å². The van der Waals surface area contributed by atoms with Gasteiger partial charge in [-0.2, -0.15) is 0 Å². The molecule has 2 heteroatoms. The van der Waals surface area contributed by atoms with Crippen molar-refractivity contribution in [2.75, 3.05) is 13.1 Å². The molecule has 1 unspecified atom stereocenters. The molecule has 0 saturated carbocycles. The van der Waals surface area contributed by atoms with Crippen molar-refractivity contribution in [3.63, 3.8) is 0 Å². The molecule has 1 aliphatic rings. The lowest BCUT2D eigenvalue weighted by molar-refractivity contribution is 0.249. The lowest BCUT2D eigenvalue weighted by Gasteiger charge is -2.23. The summed E-state index contributed by atoms with van der Waals surface area (Å²) < 4.78 is 0. The van der Waals surface area contributed by atoms with Crippen LogP contribution >= 0.6 is 0 Å². The van der Waals surface area contributed by atoms with Gasteiger partial charge in [-0.3, -0.25) is 4.90 Å². The van der Waals surface area contributed by atoms with E-state index in [1.54, 1.807) is 0 Å². The van der Waals surface area contributed by atoms with Gasteiger partial charge in [0.15, 0.2) is 0 Å². The normalized spacial score (nSPS) is 29.2. The fourth-order valence-corrected chi connectivity index (χ4v) is 1.69. The highest BCUT2D eigenvalue weighted by atomic mass is 15.2. The highest BCUT2D eigenvalue weighted by Gasteiger charge is 2.20. The molecule has 0 aromatic carbocycles. The summed E-state index contributed by atoms with van der Waals surface area (Å²) in [5, 5.41) is 0. The average Bonchev–Trinajstić information content (AvgIpc) is 2.37. The fraction of sp³-hybridized carbons (Fsp3) is 1.00. The molecule has 1 aliphatic heterocycles. The summed E-state index contributed by atoms with van der Waals surface area (Å²) in [4.78, 5) is 2.51. The minimum absolute atomic E-state index is 0.385. The maximum Gasteiger partial charge on any atom is 0.0165 e. The lowest BCUT2D eigenvalue weighted by Crippen LogP contribution is -2.38. The molecule has 0 bridgehead atoms. The van der Waals surface area contributed by atoms with Crippen molar-refractivity contribution < 1.29 is 0 Å². The van der Waals surface area contributed by atoms with E-state index in [9.17, 15) is 0 Å². The van der Waals surface area contributed by atoms with Crippen LogP contribution in [0.3, 0.4) is 0 Å². The summed E-state index contributed by atoms with van der Waals surface area (Å²) >= 11 is 0. The van der Waals surface area contributed by atoms with E-state index in [0.29, 0.717) is 6.04 Å². The van der Waals surface area contributed by atoms with Gasteiger partial charge >= 0.3 is 0 Å². The molecule has 1 fully saturated rings. The van der Waals surface area contributed by atoms with E-state index in [1.165, 1.54) is 19.4 Å². The van der Waals surface area contributed by atoms with Gasteiger partial charge in [0.05, 0.1) is 0 Å². The molecule has 0 spiro atoms. The lowest BCUT2D eigenvalue weighted by atomic mass is 10.2. The van der Waals surface area contributed by atoms with Crippen LogP contribution in [0, 0.1) is 0 Å². The molecule has 1 rings (SSSR count). The molecule has 1 saturated heterocycles. The Balaban J connectivity index is 2.24. The number of nitrogens with zero attached hydrogens (tertiary/aromatic N) is 1. The highest BCUT2D eigenvalue weighted by Crippen LogP contribution is 2.16. The summed E-state index contributed by atoms with van der Waals surface area (Å²) in [5.74, 6) is 0. The van der Waals surface area contributed by atoms with Crippen molar-refractivity contribution in [2.45, 2.75) is 45.2 Å². The summed E-state index contributed by atoms with van der Waals surface area (Å²) in [5.41, 5.74) is 5.87. The Labute approximate surface area is 69.8 Å². The van der Waals surface area contributed by atoms with Gasteiger partial charge in [0.25, 0.3) is 0 Å². The molecular formula is C9H20N2. The van der Waals surface area contributed by atoms with Crippen molar-refractivity contribution in [1.82, 2.24) is 4.90 Å². The van der Waals surface area contributed by atoms with E-state index in [2.05, 4.69) is 18.7 Å². The molecular weight excluding hydrogens is 136 g/mol. The smallest absolute Gasteiger partial charge is 0.0165 e. The topological polar surface area (TPSA) is 29.3 Å². The third kappa shape index (κ3) is 2.46. The van der Waals surface area contributed by atoms with Crippen molar-refractivity contribution in [1.29, 1.82) is 0 Å². The first-order chi connectivity index (χ1) is 5.24. The predicted molar refractivity (Wildman–Crippen MR) is 48.5 cm³/mol. The van der Waals surface area contributed by atoms with Crippen LogP contribution in [-0.2, 0) is 0 Å². The van der Waals surface area contributed by atoms with Crippen LogP contribution in [-0.4, -0.2) is 30.1 Å². The zero-order valence-electron chi connectivity index (χ0n) is 7.71. The minimum Gasteiger partial charge on any atom is -0.327 e. The molecule has 2 N–H and O–H groups in total. The second-order valence-electron chi connectivity index (χ2n) is 3.65. The SMILES string of the molecule is CC[C@H](N)CN1CCCC1C. The highest BCUT2D eigenvalue weighted by molar-refractivity contribution is 4.78. The third-order valence-electron chi connectivity index (χ3n) is 2.68. The van der Waals surface area contributed by atoms with Crippen LogP contribution in [0.1, 0.15) is 33.1 Å². The number of hydrogen-bond acceptors (Lipinski definition) is 2. The standard InChI is InChI=1S/C9H20N2/c1-3-9(10)7-11-6-4-5-8(11)2/h8-9H,3-7,10H2,1-2H3/t8?,9-/m0/s1. The first-order valence-electron chi connectivity index (χ1n) is 4.73. The summed E-state index contributed by atoms with van der Waals surface area (Å²) in [6, 6.07) is 1.16. The zero-order valence-corrected chi connectivity index (χ0v) is 7.71. The number of likely N-dealkylation sites (tertiary alicyclic amines) is 1. The summed E-state index contributed by atoms with van der Waals surface area (Å²) in [6.07, 6.45) is 3.82. The van der Waals surface area contributed by atoms with Gasteiger partial charge in [-0.15, -0.1) is 0 Å². The molecule has 66 valence electrons. The first-order valence-corrected chi connectivity index (χ1v) is 4.73. The molecule has 2 nitrogen and oxygen atoms in total. The maximum atomic E-state index is 5.87. The first kappa shape index (κ1) is 9.01. The second kappa shape index (κ2) is 4.07. The van der Waals surface area contributed by atoms with Crippen LogP contribution in [0.5, 0.6) is 0 Å². The van der Waals surface area contributed by atoms with Crippen LogP contribution in [0.15, 0.2) is 0 Å². The average molecular weight is 156 g/mol. The van der Waals surface area contributed by atoms with E-state index < -0.39 is 0 Å². The van der Waals surface area contributed by atoms with Gasteiger partial charge in [-0.05, 0) is 32.7 Å². The molecule has 1 heterocycles. The number of nitrogens with two attached hydrogens (primary N) is 1. The molecule has 2 atom stereocenters. The van der Waals surface area contributed by atoms with Gasteiger partial charge < -0.3 is 5.73 Å². The minimum atomic E-state index is 0.385.